The molecular weight excluding hydrogens is 510 g/mol. The summed E-state index contributed by atoms with van der Waals surface area (Å²) in [6.07, 6.45) is -3.48. The first-order valence-electron chi connectivity index (χ1n) is 11.3. The molecule has 0 aromatic heterocycles. The zero-order valence-corrected chi connectivity index (χ0v) is 20.0. The van der Waals surface area contributed by atoms with Gasteiger partial charge in [0.2, 0.25) is 5.91 Å². The number of nitrogens with two attached hydrogens (primary N) is 1. The summed E-state index contributed by atoms with van der Waals surface area (Å²) in [5.74, 6) is -1.83. The van der Waals surface area contributed by atoms with Crippen LogP contribution in [0.3, 0.4) is 0 Å². The van der Waals surface area contributed by atoms with Gasteiger partial charge < -0.3 is 26.4 Å². The van der Waals surface area contributed by atoms with Crippen LogP contribution in [0.2, 0.25) is 0 Å². The van der Waals surface area contributed by atoms with Crippen LogP contribution in [0.15, 0.2) is 58.3 Å². The molecule has 0 fully saturated rings. The van der Waals surface area contributed by atoms with Crippen LogP contribution < -0.4 is 21.7 Å². The van der Waals surface area contributed by atoms with E-state index in [2.05, 4.69) is 26.0 Å². The van der Waals surface area contributed by atoms with E-state index in [9.17, 15) is 27.2 Å². The average molecular weight is 533 g/mol. The summed E-state index contributed by atoms with van der Waals surface area (Å²) in [5.41, 5.74) is 6.50. The van der Waals surface area contributed by atoms with Crippen molar-refractivity contribution < 1.29 is 31.9 Å². The van der Waals surface area contributed by atoms with E-state index < -0.39 is 29.5 Å². The highest BCUT2D eigenvalue weighted by molar-refractivity contribution is 6.11. The summed E-state index contributed by atoms with van der Waals surface area (Å²) in [7, 11) is 1.52. The van der Waals surface area contributed by atoms with E-state index in [0.717, 1.165) is 6.07 Å². The number of carbonyl (C=O) groups excluding carboxylic acids is 2. The first-order chi connectivity index (χ1) is 18.1. The Balaban J connectivity index is 1.52. The first-order valence-corrected chi connectivity index (χ1v) is 11.3. The van der Waals surface area contributed by atoms with Gasteiger partial charge in [0.05, 0.1) is 24.6 Å². The second kappa shape index (κ2) is 10.9. The molecule has 10 nitrogen and oxygen atoms in total. The normalized spacial score (nSPS) is 16.7. The van der Waals surface area contributed by atoms with Gasteiger partial charge in [-0.3, -0.25) is 9.80 Å². The maximum absolute atomic E-state index is 13.6. The molecule has 2 aliphatic rings. The van der Waals surface area contributed by atoms with E-state index >= 15 is 0 Å². The predicted octanol–water partition coefficient (Wildman–Crippen LogP) is 3.21. The van der Waals surface area contributed by atoms with Gasteiger partial charge in [-0.2, -0.15) is 18.3 Å². The van der Waals surface area contributed by atoms with Gasteiger partial charge in [0.25, 0.3) is 0 Å². The van der Waals surface area contributed by atoms with Crippen molar-refractivity contribution in [3.8, 4) is 0 Å². The summed E-state index contributed by atoms with van der Waals surface area (Å²) in [5, 5.41) is 13.2. The number of fused-ring (bicyclic) bond motifs is 1. The smallest absolute Gasteiger partial charge is 0.383 e. The standard InChI is InChI=1S/C24H23F4N7O3/c1-38-7-6-30-22(36)18-11-35-20(21(29)31-12-32-35)19(18)13-2-4-16(5-3-13)33-23(37)34-17-9-14(24(26,27)28)8-15(25)10-17/h2-5,8-10,12,18H,6-7,11H2,1H3,(H,30,36)(H2,29,31,32)(H2,33,34,37). The molecule has 2 heterocycles. The molecule has 2 aliphatic heterocycles. The van der Waals surface area contributed by atoms with Crippen molar-refractivity contribution >= 4 is 41.1 Å². The number of hydrogen-bond donors (Lipinski definition) is 4. The molecule has 0 saturated heterocycles. The number of urea groups is 1. The summed E-state index contributed by atoms with van der Waals surface area (Å²) < 4.78 is 57.4. The number of nitrogens with zero attached hydrogens (tertiary/aromatic N) is 3. The van der Waals surface area contributed by atoms with Crippen LogP contribution in [0.4, 0.5) is 33.7 Å². The summed E-state index contributed by atoms with van der Waals surface area (Å²) in [4.78, 5) is 29.3. The van der Waals surface area contributed by atoms with E-state index in [1.165, 1.54) is 25.6 Å². The molecule has 4 rings (SSSR count). The van der Waals surface area contributed by atoms with Crippen molar-refractivity contribution in [3.63, 3.8) is 0 Å². The molecule has 14 heteroatoms. The fourth-order valence-electron chi connectivity index (χ4n) is 4.05. The Kier molecular flexibility index (Phi) is 7.62. The highest BCUT2D eigenvalue weighted by Gasteiger charge is 2.39. The number of carbonyl (C=O) groups is 2. The topological polar surface area (TPSA) is 133 Å². The first kappa shape index (κ1) is 26.6. The SMILES string of the molecule is COCCNC(=O)C1CN2N=CN=C(N)C2=C1c1ccc(NC(=O)Nc2cc(F)cc(C(F)(F)F)c2)cc1. The van der Waals surface area contributed by atoms with Gasteiger partial charge in [-0.05, 0) is 35.9 Å². The molecule has 2 aromatic carbocycles. The molecule has 38 heavy (non-hydrogen) atoms. The molecule has 0 saturated carbocycles. The number of halogens is 4. The molecule has 0 bridgehead atoms. The lowest BCUT2D eigenvalue weighted by molar-refractivity contribution is -0.137. The maximum Gasteiger partial charge on any atom is 0.416 e. The van der Waals surface area contributed by atoms with E-state index in [1.807, 2.05) is 0 Å². The summed E-state index contributed by atoms with van der Waals surface area (Å²) >= 11 is 0. The van der Waals surface area contributed by atoms with Crippen LogP contribution in [-0.2, 0) is 15.7 Å². The third kappa shape index (κ3) is 5.91. The van der Waals surface area contributed by atoms with E-state index in [0.29, 0.717) is 47.8 Å². The summed E-state index contributed by atoms with van der Waals surface area (Å²) in [6.45, 7) is 0.895. The molecule has 0 spiro atoms. The third-order valence-corrected chi connectivity index (χ3v) is 5.71. The van der Waals surface area contributed by atoms with Crippen molar-refractivity contribution in [2.45, 2.75) is 6.18 Å². The van der Waals surface area contributed by atoms with Crippen LogP contribution >= 0.6 is 0 Å². The Hall–Kier alpha value is -4.46. The van der Waals surface area contributed by atoms with Crippen LogP contribution in [0, 0.1) is 11.7 Å². The van der Waals surface area contributed by atoms with Crippen molar-refractivity contribution in [2.75, 3.05) is 37.4 Å². The van der Waals surface area contributed by atoms with Gasteiger partial charge in [-0.25, -0.2) is 14.2 Å². The fourth-order valence-corrected chi connectivity index (χ4v) is 4.05. The van der Waals surface area contributed by atoms with Crippen molar-refractivity contribution in [1.82, 2.24) is 10.3 Å². The van der Waals surface area contributed by atoms with Crippen molar-refractivity contribution in [1.29, 1.82) is 0 Å². The number of hydrazone groups is 1. The second-order valence-corrected chi connectivity index (χ2v) is 8.31. The number of rotatable bonds is 7. The number of amides is 3. The zero-order valence-electron chi connectivity index (χ0n) is 20.0. The van der Waals surface area contributed by atoms with Crippen LogP contribution in [0.5, 0.6) is 0 Å². The lowest BCUT2D eigenvalue weighted by Gasteiger charge is -2.18. The van der Waals surface area contributed by atoms with Gasteiger partial charge in [0.15, 0.2) is 5.84 Å². The molecule has 0 aliphatic carbocycles. The molecule has 0 radical (unpaired) electrons. The lowest BCUT2D eigenvalue weighted by atomic mass is 9.92. The number of aliphatic imine (C=N–C) groups is 1. The minimum Gasteiger partial charge on any atom is -0.383 e. The third-order valence-electron chi connectivity index (χ3n) is 5.71. The predicted molar refractivity (Wildman–Crippen MR) is 133 cm³/mol. The van der Waals surface area contributed by atoms with Gasteiger partial charge in [-0.15, -0.1) is 0 Å². The Morgan fingerprint density at radius 1 is 1.13 bits per heavy atom. The Labute approximate surface area is 214 Å². The van der Waals surface area contributed by atoms with E-state index in [-0.39, 0.29) is 24.0 Å². The number of ether oxygens (including phenoxy) is 1. The molecular formula is C24H23F4N7O3. The highest BCUT2D eigenvalue weighted by atomic mass is 19.4. The number of benzene rings is 2. The number of hydrogen-bond acceptors (Lipinski definition) is 7. The summed E-state index contributed by atoms with van der Waals surface area (Å²) in [6, 6.07) is 7.23. The van der Waals surface area contributed by atoms with E-state index in [4.69, 9.17) is 10.5 Å². The number of alkyl halides is 3. The molecule has 200 valence electrons. The molecule has 5 N–H and O–H groups in total. The van der Waals surface area contributed by atoms with Gasteiger partial charge in [0.1, 0.15) is 17.9 Å². The fraction of sp³-hybridized carbons (Fsp3) is 0.250. The quantitative estimate of drug-likeness (QED) is 0.321. The van der Waals surface area contributed by atoms with Crippen molar-refractivity contribution in [3.05, 3.63) is 65.1 Å². The van der Waals surface area contributed by atoms with Crippen LogP contribution in [-0.4, -0.2) is 55.9 Å². The Morgan fingerprint density at radius 2 is 1.84 bits per heavy atom. The zero-order chi connectivity index (χ0) is 27.4. The van der Waals surface area contributed by atoms with Gasteiger partial charge in [0, 0.05) is 30.6 Å². The maximum atomic E-state index is 13.6. The number of methoxy groups -OCH3 is 1. The van der Waals surface area contributed by atoms with Crippen molar-refractivity contribution in [2.24, 2.45) is 21.7 Å². The molecule has 1 unspecified atom stereocenters. The Bertz CT molecular complexity index is 1320. The minimum absolute atomic E-state index is 0.192. The van der Waals surface area contributed by atoms with Gasteiger partial charge in [-0.1, -0.05) is 12.1 Å². The lowest BCUT2D eigenvalue weighted by Crippen LogP contribution is -2.35. The molecule has 2 aromatic rings. The molecule has 1 atom stereocenters. The minimum atomic E-state index is -4.77. The number of amidine groups is 1. The van der Waals surface area contributed by atoms with Gasteiger partial charge >= 0.3 is 12.2 Å². The highest BCUT2D eigenvalue weighted by Crippen LogP contribution is 2.38. The Morgan fingerprint density at radius 3 is 2.53 bits per heavy atom. The van der Waals surface area contributed by atoms with Crippen LogP contribution in [0.25, 0.3) is 5.57 Å². The van der Waals surface area contributed by atoms with E-state index in [1.54, 1.807) is 17.1 Å². The monoisotopic (exact) mass is 533 g/mol. The number of anilines is 2. The molecule has 3 amide bonds. The largest absolute Gasteiger partial charge is 0.416 e. The average Bonchev–Trinajstić information content (AvgIpc) is 3.25. The van der Waals surface area contributed by atoms with Crippen LogP contribution in [0.1, 0.15) is 11.1 Å². The second-order valence-electron chi connectivity index (χ2n) is 8.31. The number of nitrogens with one attached hydrogen (secondary N) is 3.